The number of methoxy groups -OCH3 is 1. The lowest BCUT2D eigenvalue weighted by molar-refractivity contribution is -0.0787. The van der Waals surface area contributed by atoms with Crippen LogP contribution in [0.4, 0.5) is 0 Å². The lowest BCUT2D eigenvalue weighted by Gasteiger charge is -2.41. The first kappa shape index (κ1) is 10.7. The van der Waals surface area contributed by atoms with Crippen LogP contribution >= 0.6 is 11.6 Å². The van der Waals surface area contributed by atoms with E-state index in [-0.39, 0.29) is 5.54 Å². The van der Waals surface area contributed by atoms with E-state index in [1.807, 2.05) is 18.2 Å². The van der Waals surface area contributed by atoms with Crippen molar-refractivity contribution in [2.75, 3.05) is 20.3 Å². The van der Waals surface area contributed by atoms with Crippen LogP contribution in [-0.4, -0.2) is 20.3 Å². The molecule has 1 aromatic rings. The molecule has 1 aromatic carbocycles. The van der Waals surface area contributed by atoms with Crippen molar-refractivity contribution >= 4 is 11.6 Å². The van der Waals surface area contributed by atoms with E-state index in [4.69, 9.17) is 26.9 Å². The van der Waals surface area contributed by atoms with Gasteiger partial charge in [0.15, 0.2) is 0 Å². The number of hydrogen-bond donors (Lipinski definition) is 2. The molecule has 1 saturated heterocycles. The maximum absolute atomic E-state index is 6.04. The first-order valence-electron chi connectivity index (χ1n) is 4.61. The van der Waals surface area contributed by atoms with Crippen LogP contribution in [0.25, 0.3) is 0 Å². The highest BCUT2D eigenvalue weighted by Gasteiger charge is 2.39. The monoisotopic (exact) mass is 228 g/mol. The van der Waals surface area contributed by atoms with E-state index in [0.29, 0.717) is 24.0 Å². The van der Waals surface area contributed by atoms with E-state index in [1.54, 1.807) is 7.11 Å². The van der Waals surface area contributed by atoms with Crippen LogP contribution in [0.3, 0.4) is 0 Å². The minimum absolute atomic E-state index is 0.296. The summed E-state index contributed by atoms with van der Waals surface area (Å²) in [6.45, 7) is 1.12. The predicted octanol–water partition coefficient (Wildman–Crippen LogP) is 1.04. The molecule has 1 heterocycles. The third-order valence-electron chi connectivity index (χ3n) is 2.68. The number of ether oxygens (including phenoxy) is 2. The highest BCUT2D eigenvalue weighted by atomic mass is 35.5. The highest BCUT2D eigenvalue weighted by Crippen LogP contribution is 2.33. The van der Waals surface area contributed by atoms with Crippen LogP contribution in [0, 0.1) is 0 Å². The van der Waals surface area contributed by atoms with Crippen molar-refractivity contribution in [3.63, 3.8) is 0 Å². The highest BCUT2D eigenvalue weighted by molar-refractivity contribution is 6.32. The van der Waals surface area contributed by atoms with E-state index in [1.165, 1.54) is 0 Å². The van der Waals surface area contributed by atoms with Crippen LogP contribution in [0.2, 0.25) is 5.02 Å². The number of rotatable bonds is 3. The van der Waals surface area contributed by atoms with Gasteiger partial charge in [0.05, 0.1) is 25.3 Å². The molecule has 1 fully saturated rings. The Morgan fingerprint density at radius 2 is 2.27 bits per heavy atom. The minimum atomic E-state index is -0.296. The fraction of sp³-hybridized carbons (Fsp3) is 0.400. The molecule has 0 aromatic heterocycles. The Hall–Kier alpha value is -0.810. The van der Waals surface area contributed by atoms with Gasteiger partial charge in [-0.15, -0.1) is 0 Å². The van der Waals surface area contributed by atoms with Crippen LogP contribution in [0.5, 0.6) is 5.75 Å². The van der Waals surface area contributed by atoms with Crippen molar-refractivity contribution in [2.45, 2.75) is 5.54 Å². The van der Waals surface area contributed by atoms with Gasteiger partial charge < -0.3 is 9.47 Å². The Morgan fingerprint density at radius 1 is 1.53 bits per heavy atom. The third-order valence-corrected chi connectivity index (χ3v) is 2.97. The number of hydrazine groups is 1. The van der Waals surface area contributed by atoms with Crippen molar-refractivity contribution in [2.24, 2.45) is 5.84 Å². The molecule has 0 radical (unpaired) electrons. The quantitative estimate of drug-likeness (QED) is 0.600. The summed E-state index contributed by atoms with van der Waals surface area (Å²) >= 11 is 6.04. The van der Waals surface area contributed by atoms with Gasteiger partial charge in [-0.1, -0.05) is 17.7 Å². The number of halogens is 1. The molecular weight excluding hydrogens is 216 g/mol. The zero-order chi connectivity index (χ0) is 10.9. The van der Waals surface area contributed by atoms with Crippen molar-refractivity contribution in [1.29, 1.82) is 0 Å². The van der Waals surface area contributed by atoms with Crippen molar-refractivity contribution in [3.8, 4) is 5.75 Å². The molecule has 4 nitrogen and oxygen atoms in total. The first-order valence-corrected chi connectivity index (χ1v) is 4.99. The third kappa shape index (κ3) is 1.70. The summed E-state index contributed by atoms with van der Waals surface area (Å²) in [5, 5.41) is 0.580. The van der Waals surface area contributed by atoms with Crippen LogP contribution in [-0.2, 0) is 10.3 Å². The molecule has 15 heavy (non-hydrogen) atoms. The molecule has 82 valence electrons. The summed E-state index contributed by atoms with van der Waals surface area (Å²) < 4.78 is 10.2. The molecular formula is C10H13ClN2O2. The van der Waals surface area contributed by atoms with Crippen molar-refractivity contribution in [1.82, 2.24) is 5.43 Å². The largest absolute Gasteiger partial charge is 0.495 e. The number of nitrogens with one attached hydrogen (secondary N) is 1. The van der Waals surface area contributed by atoms with Crippen molar-refractivity contribution in [3.05, 3.63) is 28.8 Å². The average Bonchev–Trinajstić information content (AvgIpc) is 2.17. The van der Waals surface area contributed by atoms with Crippen molar-refractivity contribution < 1.29 is 9.47 Å². The summed E-state index contributed by atoms with van der Waals surface area (Å²) in [6, 6.07) is 5.62. The van der Waals surface area contributed by atoms with Gasteiger partial charge in [0.1, 0.15) is 11.3 Å². The smallest absolute Gasteiger partial charge is 0.137 e. The van der Waals surface area contributed by atoms with Gasteiger partial charge in [-0.05, 0) is 17.7 Å². The SMILES string of the molecule is COc1ccc(C2(NN)COC2)cc1Cl. The summed E-state index contributed by atoms with van der Waals surface area (Å²) in [5.41, 5.74) is 3.49. The standard InChI is InChI=1S/C10H13ClN2O2/c1-14-9-3-2-7(4-8(9)11)10(13-12)5-15-6-10/h2-4,13H,5-6,12H2,1H3. The number of hydrogen-bond acceptors (Lipinski definition) is 4. The maximum atomic E-state index is 6.04. The summed E-state index contributed by atoms with van der Waals surface area (Å²) in [5.74, 6) is 6.18. The summed E-state index contributed by atoms with van der Waals surface area (Å²) in [7, 11) is 1.59. The van der Waals surface area contributed by atoms with Gasteiger partial charge in [0.2, 0.25) is 0 Å². The average molecular weight is 229 g/mol. The second-order valence-corrected chi connectivity index (χ2v) is 3.98. The molecule has 1 aliphatic rings. The molecule has 0 saturated carbocycles. The van der Waals surface area contributed by atoms with Gasteiger partial charge in [0.25, 0.3) is 0 Å². The molecule has 0 aliphatic carbocycles. The lowest BCUT2D eigenvalue weighted by Crippen LogP contribution is -2.60. The van der Waals surface area contributed by atoms with E-state index in [0.717, 1.165) is 5.56 Å². The molecule has 0 spiro atoms. The van der Waals surface area contributed by atoms with Gasteiger partial charge in [-0.3, -0.25) is 5.84 Å². The first-order chi connectivity index (χ1) is 7.22. The second kappa shape index (κ2) is 3.98. The zero-order valence-electron chi connectivity index (χ0n) is 8.42. The molecule has 3 N–H and O–H groups in total. The Morgan fingerprint density at radius 3 is 2.67 bits per heavy atom. The zero-order valence-corrected chi connectivity index (χ0v) is 9.17. The fourth-order valence-electron chi connectivity index (χ4n) is 1.60. The van der Waals surface area contributed by atoms with Gasteiger partial charge in [-0.25, -0.2) is 5.43 Å². The molecule has 0 bridgehead atoms. The number of benzene rings is 1. The fourth-order valence-corrected chi connectivity index (χ4v) is 1.86. The van der Waals surface area contributed by atoms with E-state index in [9.17, 15) is 0 Å². The van der Waals surface area contributed by atoms with Crippen LogP contribution < -0.4 is 16.0 Å². The normalized spacial score (nSPS) is 18.3. The summed E-state index contributed by atoms with van der Waals surface area (Å²) in [6.07, 6.45) is 0. The molecule has 0 amide bonds. The Balaban J connectivity index is 2.33. The maximum Gasteiger partial charge on any atom is 0.137 e. The van der Waals surface area contributed by atoms with Crippen LogP contribution in [0.15, 0.2) is 18.2 Å². The van der Waals surface area contributed by atoms with E-state index in [2.05, 4.69) is 5.43 Å². The van der Waals surface area contributed by atoms with Gasteiger partial charge >= 0.3 is 0 Å². The molecule has 0 unspecified atom stereocenters. The van der Waals surface area contributed by atoms with Crippen LogP contribution in [0.1, 0.15) is 5.56 Å². The molecule has 2 rings (SSSR count). The van der Waals surface area contributed by atoms with E-state index >= 15 is 0 Å². The summed E-state index contributed by atoms with van der Waals surface area (Å²) in [4.78, 5) is 0. The predicted molar refractivity (Wildman–Crippen MR) is 57.8 cm³/mol. The molecule has 5 heteroatoms. The van der Waals surface area contributed by atoms with Gasteiger partial charge in [0, 0.05) is 0 Å². The Kier molecular flexibility index (Phi) is 2.84. The molecule has 0 atom stereocenters. The lowest BCUT2D eigenvalue weighted by atomic mass is 9.89. The van der Waals surface area contributed by atoms with E-state index < -0.39 is 0 Å². The minimum Gasteiger partial charge on any atom is -0.495 e. The Labute approximate surface area is 93.3 Å². The number of nitrogens with two attached hydrogens (primary N) is 1. The topological polar surface area (TPSA) is 56.5 Å². The second-order valence-electron chi connectivity index (χ2n) is 3.57. The molecule has 1 aliphatic heterocycles. The Bertz CT molecular complexity index is 361. The van der Waals surface area contributed by atoms with Gasteiger partial charge in [-0.2, -0.15) is 0 Å².